The van der Waals surface area contributed by atoms with Gasteiger partial charge in [0.15, 0.2) is 5.82 Å². The minimum absolute atomic E-state index is 0.345. The average Bonchev–Trinajstić information content (AvgIpc) is 3.05. The number of carboxylic acids is 1. The van der Waals surface area contributed by atoms with Crippen LogP contribution in [0.2, 0.25) is 0 Å². The maximum Gasteiger partial charge on any atom is 0.325 e. The molecule has 0 spiro atoms. The van der Waals surface area contributed by atoms with E-state index in [0.717, 1.165) is 39.7 Å². The molecular weight excluding hydrogens is 394 g/mol. The quantitative estimate of drug-likeness (QED) is 0.663. The van der Waals surface area contributed by atoms with E-state index in [0.29, 0.717) is 6.54 Å². The van der Waals surface area contributed by atoms with Crippen molar-refractivity contribution in [1.29, 1.82) is 0 Å². The van der Waals surface area contributed by atoms with Crippen molar-refractivity contribution in [3.8, 4) is 5.69 Å². The minimum Gasteiger partial charge on any atom is -0.480 e. The van der Waals surface area contributed by atoms with E-state index < -0.39 is 17.9 Å². The summed E-state index contributed by atoms with van der Waals surface area (Å²) in [6.07, 6.45) is 0. The van der Waals surface area contributed by atoms with Gasteiger partial charge < -0.3 is 10.4 Å². The number of nitrogens with zero attached hydrogens (tertiary/aromatic N) is 4. The lowest BCUT2D eigenvalue weighted by Crippen LogP contribution is -2.40. The highest BCUT2D eigenvalue weighted by Gasteiger charge is 2.25. The number of nitrogens with one attached hydrogen (secondary N) is 1. The third kappa shape index (κ3) is 3.84. The van der Waals surface area contributed by atoms with E-state index in [9.17, 15) is 9.59 Å². The Balaban J connectivity index is 1.80. The third-order valence-corrected chi connectivity index (χ3v) is 5.46. The van der Waals surface area contributed by atoms with Gasteiger partial charge in [-0.25, -0.2) is 0 Å². The topological polar surface area (TPSA) is 109 Å². The first-order chi connectivity index (χ1) is 14.9. The molecule has 0 saturated heterocycles. The van der Waals surface area contributed by atoms with Crippen molar-refractivity contribution in [2.24, 2.45) is 4.99 Å². The van der Waals surface area contributed by atoms with E-state index in [1.807, 2.05) is 60.0 Å². The van der Waals surface area contributed by atoms with Crippen LogP contribution in [0.25, 0.3) is 5.69 Å². The van der Waals surface area contributed by atoms with Crippen LogP contribution >= 0.6 is 0 Å². The predicted octanol–water partition coefficient (Wildman–Crippen LogP) is 2.62. The van der Waals surface area contributed by atoms with Crippen LogP contribution < -0.4 is 5.32 Å². The van der Waals surface area contributed by atoms with Gasteiger partial charge in [0, 0.05) is 11.1 Å². The fourth-order valence-corrected chi connectivity index (χ4v) is 3.66. The Morgan fingerprint density at radius 1 is 1.10 bits per heavy atom. The first-order valence-corrected chi connectivity index (χ1v) is 10.1. The molecule has 1 aliphatic heterocycles. The number of hydrogen-bond acceptors (Lipinski definition) is 5. The summed E-state index contributed by atoms with van der Waals surface area (Å²) in [5.74, 6) is -0.443. The molecule has 2 heterocycles. The number of fused-ring (bicyclic) bond motifs is 3. The summed E-state index contributed by atoms with van der Waals surface area (Å²) in [6, 6.07) is 14.7. The zero-order chi connectivity index (χ0) is 22.1. The second kappa shape index (κ2) is 8.14. The highest BCUT2D eigenvalue weighted by molar-refractivity contribution is 6.15. The molecule has 0 saturated carbocycles. The maximum absolute atomic E-state index is 12.6. The Morgan fingerprint density at radius 2 is 1.84 bits per heavy atom. The molecule has 1 unspecified atom stereocenters. The molecule has 8 nitrogen and oxygen atoms in total. The number of aromatic nitrogens is 3. The highest BCUT2D eigenvalue weighted by atomic mass is 16.4. The molecule has 8 heteroatoms. The van der Waals surface area contributed by atoms with Gasteiger partial charge in [-0.2, -0.15) is 0 Å². The Hall–Kier alpha value is -3.81. The van der Waals surface area contributed by atoms with Gasteiger partial charge in [0.05, 0.1) is 17.3 Å². The van der Waals surface area contributed by atoms with Crippen molar-refractivity contribution in [1.82, 2.24) is 20.1 Å². The van der Waals surface area contributed by atoms with Crippen molar-refractivity contribution in [3.05, 3.63) is 76.9 Å². The Kier molecular flexibility index (Phi) is 5.37. The van der Waals surface area contributed by atoms with Gasteiger partial charge in [0.2, 0.25) is 5.91 Å². The fraction of sp³-hybridized carbons (Fsp3) is 0.261. The van der Waals surface area contributed by atoms with Crippen LogP contribution in [0.1, 0.15) is 48.1 Å². The number of rotatable bonds is 5. The zero-order valence-corrected chi connectivity index (χ0v) is 17.5. The SMILES string of the molecule is Cc1nnc2n1-c1ccc(C(C)C(=O)N[C@@H](C)C(=O)O)cc1C(c1ccccc1)=NC2. The van der Waals surface area contributed by atoms with Crippen molar-refractivity contribution in [3.63, 3.8) is 0 Å². The molecule has 0 aliphatic carbocycles. The van der Waals surface area contributed by atoms with E-state index >= 15 is 0 Å². The number of amides is 1. The van der Waals surface area contributed by atoms with E-state index in [-0.39, 0.29) is 5.91 Å². The number of hydrogen-bond donors (Lipinski definition) is 2. The summed E-state index contributed by atoms with van der Waals surface area (Å²) < 4.78 is 1.98. The van der Waals surface area contributed by atoms with Crippen LogP contribution in [-0.2, 0) is 16.1 Å². The smallest absolute Gasteiger partial charge is 0.325 e. The predicted molar refractivity (Wildman–Crippen MR) is 116 cm³/mol. The van der Waals surface area contributed by atoms with Crippen molar-refractivity contribution >= 4 is 17.6 Å². The number of aliphatic carboxylic acids is 1. The Morgan fingerprint density at radius 3 is 2.55 bits per heavy atom. The average molecular weight is 417 g/mol. The lowest BCUT2D eigenvalue weighted by molar-refractivity contribution is -0.141. The van der Waals surface area contributed by atoms with Gasteiger partial charge >= 0.3 is 5.97 Å². The van der Waals surface area contributed by atoms with E-state index in [1.165, 1.54) is 6.92 Å². The standard InChI is InChI=1S/C23H23N5O3/c1-13(22(29)25-14(2)23(30)31)17-9-10-19-18(11-17)21(16-7-5-4-6-8-16)24-12-20-27-26-15(3)28(19)20/h4-11,13-14H,12H2,1-3H3,(H,25,29)(H,30,31)/t13?,14-/m0/s1. The molecule has 2 N–H and O–H groups in total. The number of aliphatic imine (C=N–C) groups is 1. The van der Waals surface area contributed by atoms with Gasteiger partial charge in [-0.15, -0.1) is 10.2 Å². The molecule has 3 aromatic rings. The van der Waals surface area contributed by atoms with Crippen molar-refractivity contribution in [2.75, 3.05) is 0 Å². The van der Waals surface area contributed by atoms with E-state index in [2.05, 4.69) is 15.5 Å². The van der Waals surface area contributed by atoms with Gasteiger partial charge in [0.1, 0.15) is 18.4 Å². The van der Waals surface area contributed by atoms with Crippen LogP contribution in [0.3, 0.4) is 0 Å². The summed E-state index contributed by atoms with van der Waals surface area (Å²) in [6.45, 7) is 5.49. The highest BCUT2D eigenvalue weighted by Crippen LogP contribution is 2.29. The largest absolute Gasteiger partial charge is 0.480 e. The number of carboxylic acid groups (broad SMARTS) is 1. The van der Waals surface area contributed by atoms with E-state index in [1.54, 1.807) is 6.92 Å². The van der Waals surface area contributed by atoms with Crippen LogP contribution in [0.15, 0.2) is 53.5 Å². The molecule has 0 fully saturated rings. The van der Waals surface area contributed by atoms with Gasteiger partial charge in [-0.05, 0) is 38.5 Å². The lowest BCUT2D eigenvalue weighted by atomic mass is 9.93. The third-order valence-electron chi connectivity index (χ3n) is 5.46. The normalized spacial score (nSPS) is 14.5. The van der Waals surface area contributed by atoms with Crippen molar-refractivity contribution < 1.29 is 14.7 Å². The van der Waals surface area contributed by atoms with Gasteiger partial charge in [-0.3, -0.25) is 19.1 Å². The number of aryl methyl sites for hydroxylation is 1. The Labute approximate surface area is 179 Å². The number of carbonyl (C=O) groups is 2. The summed E-state index contributed by atoms with van der Waals surface area (Å²) in [4.78, 5) is 28.6. The lowest BCUT2D eigenvalue weighted by Gasteiger charge is -2.18. The molecule has 158 valence electrons. The van der Waals surface area contributed by atoms with Gasteiger partial charge in [0.25, 0.3) is 0 Å². The monoisotopic (exact) mass is 417 g/mol. The van der Waals surface area contributed by atoms with Crippen molar-refractivity contribution in [2.45, 2.75) is 39.3 Å². The summed E-state index contributed by atoms with van der Waals surface area (Å²) in [5.41, 5.74) is 4.32. The molecular formula is C23H23N5O3. The second-order valence-corrected chi connectivity index (χ2v) is 7.60. The van der Waals surface area contributed by atoms with E-state index in [4.69, 9.17) is 10.1 Å². The first-order valence-electron chi connectivity index (χ1n) is 10.1. The molecule has 0 radical (unpaired) electrons. The molecule has 2 aromatic carbocycles. The minimum atomic E-state index is -1.07. The maximum atomic E-state index is 12.6. The molecule has 31 heavy (non-hydrogen) atoms. The zero-order valence-electron chi connectivity index (χ0n) is 17.5. The fourth-order valence-electron chi connectivity index (χ4n) is 3.66. The van der Waals surface area contributed by atoms with Crippen LogP contribution in [0.5, 0.6) is 0 Å². The molecule has 1 amide bonds. The number of benzene rings is 2. The number of carbonyl (C=O) groups excluding carboxylic acids is 1. The van der Waals surface area contributed by atoms with Crippen LogP contribution in [-0.4, -0.2) is 43.5 Å². The summed E-state index contributed by atoms with van der Waals surface area (Å²) in [5, 5.41) is 20.1. The second-order valence-electron chi connectivity index (χ2n) is 7.60. The molecule has 0 bridgehead atoms. The molecule has 1 aromatic heterocycles. The molecule has 4 rings (SSSR count). The molecule has 1 aliphatic rings. The summed E-state index contributed by atoms with van der Waals surface area (Å²) >= 11 is 0. The Bertz CT molecular complexity index is 1180. The van der Waals surface area contributed by atoms with Crippen LogP contribution in [0.4, 0.5) is 0 Å². The first kappa shape index (κ1) is 20.5. The molecule has 2 atom stereocenters. The van der Waals surface area contributed by atoms with Crippen LogP contribution in [0, 0.1) is 6.92 Å². The summed E-state index contributed by atoms with van der Waals surface area (Å²) in [7, 11) is 0. The van der Waals surface area contributed by atoms with Gasteiger partial charge in [-0.1, -0.05) is 36.4 Å².